The summed E-state index contributed by atoms with van der Waals surface area (Å²) < 4.78 is 1.44. The summed E-state index contributed by atoms with van der Waals surface area (Å²) in [5.41, 5.74) is 1.12. The molecule has 8 heteroatoms. The van der Waals surface area contributed by atoms with E-state index < -0.39 is 9.20 Å². The lowest BCUT2D eigenvalue weighted by Crippen LogP contribution is -2.39. The van der Waals surface area contributed by atoms with Gasteiger partial charge < -0.3 is 19.6 Å². The van der Waals surface area contributed by atoms with Gasteiger partial charge >= 0.3 is 0 Å². The van der Waals surface area contributed by atoms with Crippen molar-refractivity contribution in [2.75, 3.05) is 0 Å². The maximum absolute atomic E-state index is 12.2. The number of benzene rings is 1. The fourth-order valence-electron chi connectivity index (χ4n) is 2.84. The number of carbonyl (C=O) groups is 1. The molecule has 146 valence electrons. The van der Waals surface area contributed by atoms with Crippen LogP contribution in [0.25, 0.3) is 25.9 Å². The number of nitrogens with zero attached hydrogens (tertiary/aromatic N) is 1. The van der Waals surface area contributed by atoms with Crippen LogP contribution in [-0.4, -0.2) is 34.7 Å². The highest BCUT2D eigenvalue weighted by Gasteiger charge is 2.23. The van der Waals surface area contributed by atoms with Gasteiger partial charge in [0.05, 0.1) is 4.88 Å². The summed E-state index contributed by atoms with van der Waals surface area (Å²) in [7, 11) is -2.36. The number of phenolic OH excluding ortho intramolecular Hbond substituents is 2. The molecule has 0 fully saturated rings. The van der Waals surface area contributed by atoms with Crippen LogP contribution in [0.15, 0.2) is 49.0 Å². The Labute approximate surface area is 173 Å². The van der Waals surface area contributed by atoms with E-state index in [1.807, 2.05) is 24.3 Å². The lowest BCUT2D eigenvalue weighted by molar-refractivity contribution is -0.124. The van der Waals surface area contributed by atoms with Gasteiger partial charge in [0.2, 0.25) is 5.91 Å². The first-order chi connectivity index (χ1) is 13.3. The summed E-state index contributed by atoms with van der Waals surface area (Å²) in [6.07, 6.45) is 0.316. The van der Waals surface area contributed by atoms with Gasteiger partial charge in [0.25, 0.3) is 9.20 Å². The highest BCUT2D eigenvalue weighted by Crippen LogP contribution is 2.42. The van der Waals surface area contributed by atoms with Gasteiger partial charge in [0.15, 0.2) is 0 Å². The molecule has 5 nitrogen and oxygen atoms in total. The van der Waals surface area contributed by atoms with E-state index >= 15 is 0 Å². The minimum Gasteiger partial charge on any atom is -0.508 e. The number of aromatic hydroxyl groups is 2. The molecular formula is C20H21NO4S2Si. The third-order valence-electron chi connectivity index (χ3n) is 4.22. The lowest BCUT2D eigenvalue weighted by Gasteiger charge is -2.25. The quantitative estimate of drug-likeness (QED) is 0.393. The summed E-state index contributed by atoms with van der Waals surface area (Å²) in [5, 5.41) is 19.7. The van der Waals surface area contributed by atoms with Crippen LogP contribution >= 0.6 is 22.7 Å². The lowest BCUT2D eigenvalue weighted by atomic mass is 10.1. The van der Waals surface area contributed by atoms with Gasteiger partial charge in [-0.2, -0.15) is 0 Å². The monoisotopic (exact) mass is 431 g/mol. The number of phenols is 2. The van der Waals surface area contributed by atoms with Crippen molar-refractivity contribution in [3.8, 4) is 31.7 Å². The van der Waals surface area contributed by atoms with E-state index in [1.54, 1.807) is 13.5 Å². The van der Waals surface area contributed by atoms with Gasteiger partial charge in [0, 0.05) is 32.3 Å². The Morgan fingerprint density at radius 1 is 1.07 bits per heavy atom. The fraction of sp³-hybridized carbons (Fsp3) is 0.150. The van der Waals surface area contributed by atoms with Crippen molar-refractivity contribution < 1.29 is 19.8 Å². The number of carbonyl (C=O) groups excluding carboxylic acids is 1. The van der Waals surface area contributed by atoms with Gasteiger partial charge in [-0.1, -0.05) is 13.5 Å². The van der Waals surface area contributed by atoms with Gasteiger partial charge in [-0.25, -0.2) is 0 Å². The number of hydrogen-bond donors (Lipinski definition) is 3. The Hall–Kier alpha value is -2.39. The molecule has 3 N–H and O–H groups in total. The minimum absolute atomic E-state index is 0.0976. The number of thiophene rings is 2. The summed E-state index contributed by atoms with van der Waals surface area (Å²) in [5.74, 6) is 0.0851. The molecule has 0 aliphatic heterocycles. The molecule has 2 aromatic heterocycles. The van der Waals surface area contributed by atoms with E-state index in [2.05, 4.69) is 6.58 Å². The van der Waals surface area contributed by atoms with Crippen molar-refractivity contribution in [2.45, 2.75) is 19.9 Å². The van der Waals surface area contributed by atoms with Crippen molar-refractivity contribution >= 4 is 43.5 Å². The molecule has 2 heterocycles. The van der Waals surface area contributed by atoms with E-state index in [0.717, 1.165) is 19.5 Å². The standard InChI is InChI=1S/C20H21NO4S2Si/c1-4-20(24)21(28(3)25)12(2)16-7-9-18(26-16)19-10-8-17(27-19)14-11-13(22)5-6-15(14)23/h5-11,22-23,25,28H,2,4H2,1,3H3. The van der Waals surface area contributed by atoms with E-state index in [1.165, 1.54) is 45.4 Å². The van der Waals surface area contributed by atoms with E-state index in [0.29, 0.717) is 17.7 Å². The summed E-state index contributed by atoms with van der Waals surface area (Å²) in [4.78, 5) is 25.9. The second-order valence-electron chi connectivity index (χ2n) is 6.23. The van der Waals surface area contributed by atoms with Gasteiger partial charge in [-0.15, -0.1) is 22.7 Å². The normalized spacial score (nSPS) is 12.0. The van der Waals surface area contributed by atoms with Crippen LogP contribution in [0.5, 0.6) is 11.5 Å². The molecule has 28 heavy (non-hydrogen) atoms. The Bertz CT molecular complexity index is 1020. The minimum atomic E-state index is -2.36. The smallest absolute Gasteiger partial charge is 0.285 e. The Morgan fingerprint density at radius 3 is 2.39 bits per heavy atom. The second kappa shape index (κ2) is 8.32. The van der Waals surface area contributed by atoms with Crippen LogP contribution in [0, 0.1) is 0 Å². The average Bonchev–Trinajstić information content (AvgIpc) is 3.32. The topological polar surface area (TPSA) is 81.0 Å². The molecule has 0 aliphatic rings. The first kappa shape index (κ1) is 20.3. The zero-order valence-corrected chi connectivity index (χ0v) is 18.3. The molecule has 0 spiro atoms. The zero-order valence-electron chi connectivity index (χ0n) is 15.5. The highest BCUT2D eigenvalue weighted by molar-refractivity contribution is 7.24. The second-order valence-corrected chi connectivity index (χ2v) is 10.2. The van der Waals surface area contributed by atoms with E-state index in [-0.39, 0.29) is 17.4 Å². The van der Waals surface area contributed by atoms with Crippen molar-refractivity contribution in [1.82, 2.24) is 4.57 Å². The molecular weight excluding hydrogens is 410 g/mol. The van der Waals surface area contributed by atoms with Gasteiger partial charge in [-0.3, -0.25) is 4.79 Å². The first-order valence-corrected chi connectivity index (χ1v) is 12.6. The van der Waals surface area contributed by atoms with E-state index in [9.17, 15) is 19.8 Å². The largest absolute Gasteiger partial charge is 0.508 e. The van der Waals surface area contributed by atoms with Crippen LogP contribution in [0.2, 0.25) is 6.55 Å². The van der Waals surface area contributed by atoms with Crippen LogP contribution in [0.1, 0.15) is 18.2 Å². The predicted octanol–water partition coefficient (Wildman–Crippen LogP) is 4.61. The van der Waals surface area contributed by atoms with Gasteiger partial charge in [-0.05, 0) is 49.0 Å². The summed E-state index contributed by atoms with van der Waals surface area (Å²) in [6, 6.07) is 12.2. The third-order valence-corrected chi connectivity index (χ3v) is 8.02. The van der Waals surface area contributed by atoms with Gasteiger partial charge in [0.1, 0.15) is 11.5 Å². The van der Waals surface area contributed by atoms with Crippen LogP contribution in [-0.2, 0) is 4.79 Å². The first-order valence-electron chi connectivity index (χ1n) is 8.73. The molecule has 1 amide bonds. The maximum atomic E-state index is 12.2. The third kappa shape index (κ3) is 4.05. The van der Waals surface area contributed by atoms with E-state index in [4.69, 9.17) is 0 Å². The molecule has 0 radical (unpaired) electrons. The average molecular weight is 432 g/mol. The molecule has 0 aliphatic carbocycles. The molecule has 3 rings (SSSR count). The highest BCUT2D eigenvalue weighted by atomic mass is 32.1. The summed E-state index contributed by atoms with van der Waals surface area (Å²) >= 11 is 3.00. The molecule has 1 unspecified atom stereocenters. The molecule has 1 aromatic carbocycles. The van der Waals surface area contributed by atoms with Crippen molar-refractivity contribution in [1.29, 1.82) is 0 Å². The Balaban J connectivity index is 1.89. The Kier molecular flexibility index (Phi) is 6.04. The predicted molar refractivity (Wildman–Crippen MR) is 118 cm³/mol. The molecule has 0 saturated heterocycles. The van der Waals surface area contributed by atoms with Crippen LogP contribution < -0.4 is 0 Å². The fourth-order valence-corrected chi connectivity index (χ4v) is 6.21. The number of amides is 1. The van der Waals surface area contributed by atoms with Crippen molar-refractivity contribution in [2.24, 2.45) is 0 Å². The van der Waals surface area contributed by atoms with Crippen molar-refractivity contribution in [3.05, 3.63) is 53.9 Å². The van der Waals surface area contributed by atoms with Crippen LogP contribution in [0.3, 0.4) is 0 Å². The molecule has 3 aromatic rings. The number of rotatable bonds is 6. The van der Waals surface area contributed by atoms with Crippen molar-refractivity contribution in [3.63, 3.8) is 0 Å². The number of hydrogen-bond acceptors (Lipinski definition) is 6. The molecule has 1 atom stereocenters. The van der Waals surface area contributed by atoms with Crippen LogP contribution in [0.4, 0.5) is 0 Å². The Morgan fingerprint density at radius 2 is 1.71 bits per heavy atom. The maximum Gasteiger partial charge on any atom is 0.285 e. The molecule has 0 saturated carbocycles. The zero-order chi connectivity index (χ0) is 20.4. The summed E-state index contributed by atoms with van der Waals surface area (Å²) in [6.45, 7) is 7.48. The molecule has 0 bridgehead atoms. The SMILES string of the molecule is C=C(c1ccc(-c2ccc(-c3cc(O)ccc3O)s2)s1)N(C(=O)CC)[SiH](C)O.